The van der Waals surface area contributed by atoms with Crippen molar-refractivity contribution in [3.05, 3.63) is 65.7 Å². The van der Waals surface area contributed by atoms with Gasteiger partial charge in [-0.05, 0) is 31.5 Å². The van der Waals surface area contributed by atoms with Gasteiger partial charge in [-0.15, -0.1) is 0 Å². The molecule has 118 valence electrons. The van der Waals surface area contributed by atoms with Crippen LogP contribution in [0.4, 0.5) is 0 Å². The molecule has 0 amide bonds. The zero-order valence-corrected chi connectivity index (χ0v) is 13.5. The normalized spacial score (nSPS) is 13.0. The highest BCUT2D eigenvalue weighted by molar-refractivity contribution is 7.86. The van der Waals surface area contributed by atoms with Crippen LogP contribution >= 0.6 is 0 Å². The summed E-state index contributed by atoms with van der Waals surface area (Å²) in [7, 11) is -3.72. The first-order valence-electron chi connectivity index (χ1n) is 7.12. The van der Waals surface area contributed by atoms with Crippen molar-refractivity contribution >= 4 is 10.1 Å². The first-order chi connectivity index (χ1) is 10.5. The first kappa shape index (κ1) is 16.7. The molecule has 0 heterocycles. The van der Waals surface area contributed by atoms with Crippen molar-refractivity contribution in [1.82, 2.24) is 0 Å². The summed E-state index contributed by atoms with van der Waals surface area (Å²) in [4.78, 5) is 0.161. The van der Waals surface area contributed by atoms with Crippen LogP contribution in [0.1, 0.15) is 24.2 Å². The molecule has 2 aromatic carbocycles. The third-order valence-electron chi connectivity index (χ3n) is 3.27. The Balaban J connectivity index is 1.82. The minimum Gasteiger partial charge on any atom is -0.371 e. The predicted molar refractivity (Wildman–Crippen MR) is 85.1 cm³/mol. The molecule has 0 aliphatic carbocycles. The standard InChI is InChI=1S/C17H20O4S/c1-14-8-10-17(11-9-14)22(18,19)21-13-12-20-15(2)16-6-4-3-5-7-16/h3-11,15H,12-13H2,1-2H3/t15-/m1/s1. The maximum atomic E-state index is 12.0. The quantitative estimate of drug-likeness (QED) is 0.579. The maximum Gasteiger partial charge on any atom is 0.297 e. The molecule has 0 unspecified atom stereocenters. The number of hydrogen-bond donors (Lipinski definition) is 0. The molecule has 2 rings (SSSR count). The van der Waals surface area contributed by atoms with E-state index in [4.69, 9.17) is 8.92 Å². The van der Waals surface area contributed by atoms with E-state index in [2.05, 4.69) is 0 Å². The highest BCUT2D eigenvalue weighted by Crippen LogP contribution is 2.16. The van der Waals surface area contributed by atoms with Crippen LogP contribution in [0.15, 0.2) is 59.5 Å². The second-order valence-corrected chi connectivity index (χ2v) is 6.63. The molecule has 0 fully saturated rings. The van der Waals surface area contributed by atoms with Crippen molar-refractivity contribution in [3.8, 4) is 0 Å². The van der Waals surface area contributed by atoms with Gasteiger partial charge >= 0.3 is 0 Å². The molecular formula is C17H20O4S. The second-order valence-electron chi connectivity index (χ2n) is 5.01. The highest BCUT2D eigenvalue weighted by Gasteiger charge is 2.15. The fourth-order valence-corrected chi connectivity index (χ4v) is 2.85. The number of aryl methyl sites for hydroxylation is 1. The Hall–Kier alpha value is -1.69. The van der Waals surface area contributed by atoms with Crippen LogP contribution in [0.3, 0.4) is 0 Å². The number of rotatable bonds is 7. The molecule has 0 spiro atoms. The number of benzene rings is 2. The molecule has 0 aromatic heterocycles. The van der Waals surface area contributed by atoms with Crippen LogP contribution in [-0.4, -0.2) is 21.6 Å². The molecule has 4 nitrogen and oxygen atoms in total. The lowest BCUT2D eigenvalue weighted by Crippen LogP contribution is -2.13. The summed E-state index contributed by atoms with van der Waals surface area (Å²) in [5.74, 6) is 0. The molecule has 0 saturated heterocycles. The predicted octanol–water partition coefficient (Wildman–Crippen LogP) is 3.48. The summed E-state index contributed by atoms with van der Waals surface area (Å²) < 4.78 is 34.5. The topological polar surface area (TPSA) is 52.6 Å². The van der Waals surface area contributed by atoms with Gasteiger partial charge in [0.1, 0.15) is 0 Å². The Morgan fingerprint density at radius 3 is 2.23 bits per heavy atom. The molecular weight excluding hydrogens is 300 g/mol. The minimum atomic E-state index is -3.72. The third kappa shape index (κ3) is 4.66. The summed E-state index contributed by atoms with van der Waals surface area (Å²) in [6, 6.07) is 16.3. The molecule has 5 heteroatoms. The summed E-state index contributed by atoms with van der Waals surface area (Å²) in [6.07, 6.45) is -0.105. The van der Waals surface area contributed by atoms with Crippen molar-refractivity contribution in [2.75, 3.05) is 13.2 Å². The van der Waals surface area contributed by atoms with Gasteiger partial charge in [-0.2, -0.15) is 8.42 Å². The van der Waals surface area contributed by atoms with Crippen LogP contribution < -0.4 is 0 Å². The third-order valence-corrected chi connectivity index (χ3v) is 4.59. The molecule has 0 aliphatic heterocycles. The zero-order valence-electron chi connectivity index (χ0n) is 12.7. The van der Waals surface area contributed by atoms with E-state index in [1.54, 1.807) is 12.1 Å². The van der Waals surface area contributed by atoms with E-state index in [1.807, 2.05) is 44.2 Å². The highest BCUT2D eigenvalue weighted by atomic mass is 32.2. The van der Waals surface area contributed by atoms with Crippen LogP contribution in [0.5, 0.6) is 0 Å². The van der Waals surface area contributed by atoms with E-state index in [1.165, 1.54) is 12.1 Å². The van der Waals surface area contributed by atoms with Gasteiger partial charge in [0.05, 0.1) is 24.2 Å². The van der Waals surface area contributed by atoms with Gasteiger partial charge < -0.3 is 4.74 Å². The van der Waals surface area contributed by atoms with Gasteiger partial charge in [-0.3, -0.25) is 4.18 Å². The average Bonchev–Trinajstić information content (AvgIpc) is 2.52. The lowest BCUT2D eigenvalue weighted by atomic mass is 10.1. The number of ether oxygens (including phenoxy) is 1. The van der Waals surface area contributed by atoms with Crippen molar-refractivity contribution in [2.45, 2.75) is 24.8 Å². The van der Waals surface area contributed by atoms with Gasteiger partial charge in [-0.1, -0.05) is 48.0 Å². The molecule has 1 atom stereocenters. The van der Waals surface area contributed by atoms with E-state index >= 15 is 0 Å². The molecule has 0 aliphatic rings. The Morgan fingerprint density at radius 1 is 0.955 bits per heavy atom. The molecule has 2 aromatic rings. The fourth-order valence-electron chi connectivity index (χ4n) is 1.96. The van der Waals surface area contributed by atoms with Gasteiger partial charge in [0.2, 0.25) is 0 Å². The average molecular weight is 320 g/mol. The first-order valence-corrected chi connectivity index (χ1v) is 8.52. The van der Waals surface area contributed by atoms with E-state index in [9.17, 15) is 8.42 Å². The van der Waals surface area contributed by atoms with Crippen LogP contribution in [-0.2, 0) is 19.0 Å². The van der Waals surface area contributed by atoms with Crippen LogP contribution in [0.2, 0.25) is 0 Å². The van der Waals surface area contributed by atoms with Crippen LogP contribution in [0.25, 0.3) is 0 Å². The van der Waals surface area contributed by atoms with E-state index in [-0.39, 0.29) is 24.2 Å². The van der Waals surface area contributed by atoms with Gasteiger partial charge in [-0.25, -0.2) is 0 Å². The summed E-state index contributed by atoms with van der Waals surface area (Å²) >= 11 is 0. The lowest BCUT2D eigenvalue weighted by Gasteiger charge is -2.13. The van der Waals surface area contributed by atoms with Crippen molar-refractivity contribution in [1.29, 1.82) is 0 Å². The van der Waals surface area contributed by atoms with Gasteiger partial charge in [0, 0.05) is 0 Å². The molecule has 0 bridgehead atoms. The SMILES string of the molecule is Cc1ccc(S(=O)(=O)OCCO[C@H](C)c2ccccc2)cc1. The van der Waals surface area contributed by atoms with Gasteiger partial charge in [0.15, 0.2) is 0 Å². The van der Waals surface area contributed by atoms with E-state index < -0.39 is 10.1 Å². The molecule has 0 N–H and O–H groups in total. The van der Waals surface area contributed by atoms with E-state index in [0.29, 0.717) is 0 Å². The van der Waals surface area contributed by atoms with Crippen molar-refractivity contribution in [2.24, 2.45) is 0 Å². The van der Waals surface area contributed by atoms with Crippen molar-refractivity contribution < 1.29 is 17.3 Å². The summed E-state index contributed by atoms with van der Waals surface area (Å²) in [5.41, 5.74) is 2.04. The van der Waals surface area contributed by atoms with Crippen molar-refractivity contribution in [3.63, 3.8) is 0 Å². The second kappa shape index (κ2) is 7.54. The van der Waals surface area contributed by atoms with Crippen LogP contribution in [0, 0.1) is 6.92 Å². The lowest BCUT2D eigenvalue weighted by molar-refractivity contribution is 0.0452. The molecule has 0 saturated carbocycles. The smallest absolute Gasteiger partial charge is 0.297 e. The Morgan fingerprint density at radius 2 is 1.59 bits per heavy atom. The Bertz CT molecular complexity index is 678. The summed E-state index contributed by atoms with van der Waals surface area (Å²) in [6.45, 7) is 4.02. The van der Waals surface area contributed by atoms with E-state index in [0.717, 1.165) is 11.1 Å². The molecule has 22 heavy (non-hydrogen) atoms. The maximum absolute atomic E-state index is 12.0. The monoisotopic (exact) mass is 320 g/mol. The summed E-state index contributed by atoms with van der Waals surface area (Å²) in [5, 5.41) is 0. The minimum absolute atomic E-state index is 0.00656. The Kier molecular flexibility index (Phi) is 5.71. The fraction of sp³-hybridized carbons (Fsp3) is 0.294. The zero-order chi connectivity index (χ0) is 16.0. The molecule has 0 radical (unpaired) electrons. The van der Waals surface area contributed by atoms with Gasteiger partial charge in [0.25, 0.3) is 10.1 Å². The largest absolute Gasteiger partial charge is 0.371 e. The Labute approximate surface area is 131 Å². The number of hydrogen-bond acceptors (Lipinski definition) is 4.